The van der Waals surface area contributed by atoms with Gasteiger partial charge in [0.2, 0.25) is 0 Å². The van der Waals surface area contributed by atoms with E-state index in [1.165, 1.54) is 0 Å². The fourth-order valence-corrected chi connectivity index (χ4v) is 1.58. The molecule has 1 rings (SSSR count). The number of carbonyl (C=O) groups is 1. The Morgan fingerprint density at radius 1 is 1.22 bits per heavy atom. The first kappa shape index (κ1) is 14.3. The molecule has 0 atom stereocenters. The molecule has 94 valence electrons. The molecule has 1 aromatic rings. The van der Waals surface area contributed by atoms with E-state index >= 15 is 0 Å². The molecule has 0 amide bonds. The summed E-state index contributed by atoms with van der Waals surface area (Å²) in [5.41, 5.74) is 2.19. The minimum absolute atomic E-state index is 0.586. The summed E-state index contributed by atoms with van der Waals surface area (Å²) in [4.78, 5) is 10.3. The van der Waals surface area contributed by atoms with Crippen molar-refractivity contribution in [2.24, 2.45) is 0 Å². The molecule has 0 aliphatic rings. The number of carbonyl (C=O) groups excluding carboxylic acids is 1. The van der Waals surface area contributed by atoms with Crippen molar-refractivity contribution in [2.75, 3.05) is 0 Å². The van der Waals surface area contributed by atoms with Gasteiger partial charge in [0.15, 0.2) is 0 Å². The molecule has 0 unspecified atom stereocenters. The van der Waals surface area contributed by atoms with Crippen LogP contribution in [0.4, 0.5) is 0 Å². The molecule has 0 saturated heterocycles. The first-order valence-electron chi connectivity index (χ1n) is 6.56. The van der Waals surface area contributed by atoms with Crippen LogP contribution < -0.4 is 0 Å². The van der Waals surface area contributed by atoms with Crippen LogP contribution in [0.5, 0.6) is 0 Å². The van der Waals surface area contributed by atoms with E-state index in [0.29, 0.717) is 6.42 Å². The van der Waals surface area contributed by atoms with Gasteiger partial charge in [0.05, 0.1) is 0 Å². The molecule has 0 fully saturated rings. The predicted octanol–water partition coefficient (Wildman–Crippen LogP) is 4.13. The summed E-state index contributed by atoms with van der Waals surface area (Å²) in [6.07, 6.45) is 7.76. The Morgan fingerprint density at radius 2 is 2.00 bits per heavy atom. The van der Waals surface area contributed by atoms with E-state index in [4.69, 9.17) is 0 Å². The summed E-state index contributed by atoms with van der Waals surface area (Å²) < 4.78 is 0. The molecule has 0 spiro atoms. The van der Waals surface area contributed by atoms with E-state index in [1.807, 2.05) is 30.3 Å². The third-order valence-corrected chi connectivity index (χ3v) is 2.62. The average Bonchev–Trinajstić information content (AvgIpc) is 2.42. The number of hydrogen-bond acceptors (Lipinski definition) is 1. The van der Waals surface area contributed by atoms with Crippen LogP contribution in [-0.4, -0.2) is 6.29 Å². The largest absolute Gasteiger partial charge is 0.303 e. The molecule has 18 heavy (non-hydrogen) atoms. The summed E-state index contributed by atoms with van der Waals surface area (Å²) in [5, 5.41) is 0. The molecular formula is C17H20O. The van der Waals surface area contributed by atoms with Crippen LogP contribution in [0.15, 0.2) is 42.0 Å². The van der Waals surface area contributed by atoms with Gasteiger partial charge in [0.1, 0.15) is 6.29 Å². The van der Waals surface area contributed by atoms with Gasteiger partial charge >= 0.3 is 0 Å². The third kappa shape index (κ3) is 6.06. The Morgan fingerprint density at radius 3 is 2.67 bits per heavy atom. The van der Waals surface area contributed by atoms with E-state index < -0.39 is 0 Å². The summed E-state index contributed by atoms with van der Waals surface area (Å²) in [5.74, 6) is 6.40. The van der Waals surface area contributed by atoms with Gasteiger partial charge in [-0.3, -0.25) is 0 Å². The smallest absolute Gasteiger partial charge is 0.120 e. The summed E-state index contributed by atoms with van der Waals surface area (Å²) in [7, 11) is 0. The van der Waals surface area contributed by atoms with Gasteiger partial charge < -0.3 is 4.79 Å². The van der Waals surface area contributed by atoms with E-state index in [1.54, 1.807) is 0 Å². The van der Waals surface area contributed by atoms with Crippen LogP contribution in [0, 0.1) is 11.8 Å². The standard InChI is InChI=1S/C17H20O/c1-2-3-9-16(12-7-8-15-18)13-14-17-10-5-4-6-11-17/h4-6,10-12,15H,2-3,7-9H2,1H3/b16-12-. The molecule has 0 radical (unpaired) electrons. The second-order valence-electron chi connectivity index (χ2n) is 4.19. The number of rotatable bonds is 6. The van der Waals surface area contributed by atoms with Gasteiger partial charge in [0, 0.05) is 12.0 Å². The average molecular weight is 240 g/mol. The van der Waals surface area contributed by atoms with Crippen molar-refractivity contribution in [1.29, 1.82) is 0 Å². The molecule has 1 aromatic carbocycles. The zero-order valence-corrected chi connectivity index (χ0v) is 11.0. The number of benzene rings is 1. The van der Waals surface area contributed by atoms with E-state index in [-0.39, 0.29) is 0 Å². The highest BCUT2D eigenvalue weighted by Gasteiger charge is 1.93. The molecule has 1 nitrogen and oxygen atoms in total. The number of allylic oxidation sites excluding steroid dienone is 2. The molecule has 0 heterocycles. The lowest BCUT2D eigenvalue weighted by Crippen LogP contribution is -1.83. The van der Waals surface area contributed by atoms with Gasteiger partial charge in [-0.2, -0.15) is 0 Å². The van der Waals surface area contributed by atoms with Crippen molar-refractivity contribution < 1.29 is 4.79 Å². The van der Waals surface area contributed by atoms with Crippen LogP contribution >= 0.6 is 0 Å². The highest BCUT2D eigenvalue weighted by atomic mass is 16.1. The van der Waals surface area contributed by atoms with Gasteiger partial charge in [0.25, 0.3) is 0 Å². The van der Waals surface area contributed by atoms with Gasteiger partial charge in [-0.25, -0.2) is 0 Å². The first-order valence-corrected chi connectivity index (χ1v) is 6.56. The molecule has 0 N–H and O–H groups in total. The molecular weight excluding hydrogens is 220 g/mol. The third-order valence-electron chi connectivity index (χ3n) is 2.62. The van der Waals surface area contributed by atoms with Crippen LogP contribution in [0.1, 0.15) is 44.6 Å². The Labute approximate surface area is 110 Å². The SMILES string of the molecule is CCCC/C(C#Cc1ccccc1)=C/CCC=O. The predicted molar refractivity (Wildman–Crippen MR) is 76.2 cm³/mol. The zero-order valence-electron chi connectivity index (χ0n) is 11.0. The Balaban J connectivity index is 2.68. The fourth-order valence-electron chi connectivity index (χ4n) is 1.58. The number of unbranched alkanes of at least 4 members (excludes halogenated alkanes) is 2. The van der Waals surface area contributed by atoms with Crippen LogP contribution in [0.25, 0.3) is 0 Å². The van der Waals surface area contributed by atoms with Crippen LogP contribution in [-0.2, 0) is 4.79 Å². The van der Waals surface area contributed by atoms with Crippen molar-refractivity contribution >= 4 is 6.29 Å². The van der Waals surface area contributed by atoms with Crippen molar-refractivity contribution in [3.8, 4) is 11.8 Å². The van der Waals surface area contributed by atoms with Crippen molar-refractivity contribution in [1.82, 2.24) is 0 Å². The summed E-state index contributed by atoms with van der Waals surface area (Å²) in [6, 6.07) is 9.99. The van der Waals surface area contributed by atoms with Crippen molar-refractivity contribution in [2.45, 2.75) is 39.0 Å². The molecule has 1 heteroatoms. The topological polar surface area (TPSA) is 17.1 Å². The summed E-state index contributed by atoms with van der Waals surface area (Å²) >= 11 is 0. The van der Waals surface area contributed by atoms with E-state index in [0.717, 1.165) is 43.1 Å². The van der Waals surface area contributed by atoms with Crippen LogP contribution in [0.2, 0.25) is 0 Å². The quantitative estimate of drug-likeness (QED) is 0.415. The minimum Gasteiger partial charge on any atom is -0.303 e. The Hall–Kier alpha value is -1.81. The maximum Gasteiger partial charge on any atom is 0.120 e. The highest BCUT2D eigenvalue weighted by Crippen LogP contribution is 2.08. The second kappa shape index (κ2) is 9.24. The maximum atomic E-state index is 10.3. The normalized spacial score (nSPS) is 10.6. The van der Waals surface area contributed by atoms with Crippen LogP contribution in [0.3, 0.4) is 0 Å². The molecule has 0 aromatic heterocycles. The molecule has 0 saturated carbocycles. The van der Waals surface area contributed by atoms with E-state index in [2.05, 4.69) is 24.8 Å². The fraction of sp³-hybridized carbons (Fsp3) is 0.353. The Kier molecular flexibility index (Phi) is 7.32. The van der Waals surface area contributed by atoms with Gasteiger partial charge in [-0.05, 0) is 37.0 Å². The number of hydrogen-bond donors (Lipinski definition) is 0. The lowest BCUT2D eigenvalue weighted by atomic mass is 10.1. The van der Waals surface area contributed by atoms with Gasteiger partial charge in [-0.15, -0.1) is 0 Å². The Bertz CT molecular complexity index is 432. The second-order valence-corrected chi connectivity index (χ2v) is 4.19. The molecule has 0 aliphatic heterocycles. The monoisotopic (exact) mass is 240 g/mol. The highest BCUT2D eigenvalue weighted by molar-refractivity contribution is 5.49. The molecule has 0 bridgehead atoms. The summed E-state index contributed by atoms with van der Waals surface area (Å²) in [6.45, 7) is 2.17. The lowest BCUT2D eigenvalue weighted by molar-refractivity contribution is -0.107. The lowest BCUT2D eigenvalue weighted by Gasteiger charge is -1.98. The number of aldehydes is 1. The zero-order chi connectivity index (χ0) is 13.1. The molecule has 0 aliphatic carbocycles. The van der Waals surface area contributed by atoms with Gasteiger partial charge in [-0.1, -0.05) is 49.5 Å². The van der Waals surface area contributed by atoms with E-state index in [9.17, 15) is 4.79 Å². The first-order chi connectivity index (χ1) is 8.86. The minimum atomic E-state index is 0.586. The maximum absolute atomic E-state index is 10.3. The van der Waals surface area contributed by atoms with Crippen molar-refractivity contribution in [3.05, 3.63) is 47.5 Å². The van der Waals surface area contributed by atoms with Crippen molar-refractivity contribution in [3.63, 3.8) is 0 Å².